The van der Waals surface area contributed by atoms with Crippen molar-refractivity contribution < 1.29 is 0 Å². The molecule has 0 amide bonds. The van der Waals surface area contributed by atoms with Gasteiger partial charge in [0.2, 0.25) is 5.96 Å². The fourth-order valence-corrected chi connectivity index (χ4v) is 0.440. The van der Waals surface area contributed by atoms with Crippen LogP contribution in [-0.4, -0.2) is 12.2 Å². The summed E-state index contributed by atoms with van der Waals surface area (Å²) in [6.07, 6.45) is 4.23. The van der Waals surface area contributed by atoms with Crippen LogP contribution < -0.4 is 11.5 Å². The molecule has 0 heterocycles. The van der Waals surface area contributed by atoms with Gasteiger partial charge < -0.3 is 11.5 Å². The molecule has 1 aliphatic rings. The molecule has 0 bridgehead atoms. The Bertz CT molecular complexity index is 141. The molecule has 0 aliphatic heterocycles. The molecule has 0 atom stereocenters. The summed E-state index contributed by atoms with van der Waals surface area (Å²) in [7, 11) is 0. The minimum absolute atomic E-state index is 0.0203. The summed E-state index contributed by atoms with van der Waals surface area (Å²) in [6, 6.07) is 0. The zero-order valence-corrected chi connectivity index (χ0v) is 5.12. The lowest BCUT2D eigenvalue weighted by Gasteiger charge is -1.81. The monoisotopic (exact) mass is 126 g/mol. The van der Waals surface area contributed by atoms with Crippen molar-refractivity contribution in [2.75, 3.05) is 0 Å². The quantitative estimate of drug-likeness (QED) is 0.301. The van der Waals surface area contributed by atoms with Gasteiger partial charge in [-0.3, -0.25) is 0 Å². The molecule has 0 saturated heterocycles. The van der Waals surface area contributed by atoms with E-state index >= 15 is 0 Å². The first-order valence-corrected chi connectivity index (χ1v) is 2.91. The molecule has 0 aromatic heterocycles. The third-order valence-electron chi connectivity index (χ3n) is 1.07. The third kappa shape index (κ3) is 2.69. The molecule has 0 spiro atoms. The van der Waals surface area contributed by atoms with E-state index in [1.165, 1.54) is 12.8 Å². The second-order valence-electron chi connectivity index (χ2n) is 2.13. The molecule has 9 heavy (non-hydrogen) atoms. The highest BCUT2D eigenvalue weighted by Crippen LogP contribution is 2.26. The summed E-state index contributed by atoms with van der Waals surface area (Å²) < 4.78 is 0. The number of nitrogens with zero attached hydrogens (tertiary/aromatic N) is 2. The maximum atomic E-state index is 5.01. The lowest BCUT2D eigenvalue weighted by molar-refractivity contribution is 1.15. The molecule has 1 aliphatic carbocycles. The Morgan fingerprint density at radius 1 is 1.44 bits per heavy atom. The van der Waals surface area contributed by atoms with Gasteiger partial charge in [-0.2, -0.15) is 5.10 Å². The van der Waals surface area contributed by atoms with Gasteiger partial charge in [0.15, 0.2) is 0 Å². The number of nitrogens with two attached hydrogens (primary N) is 2. The molecule has 50 valence electrons. The Hall–Kier alpha value is -1.06. The van der Waals surface area contributed by atoms with Gasteiger partial charge in [-0.15, -0.1) is 5.10 Å². The number of hydrogen-bond donors (Lipinski definition) is 2. The van der Waals surface area contributed by atoms with E-state index in [1.807, 2.05) is 0 Å². The molecule has 1 fully saturated rings. The fraction of sp³-hybridized carbons (Fsp3) is 0.600. The van der Waals surface area contributed by atoms with Gasteiger partial charge >= 0.3 is 0 Å². The van der Waals surface area contributed by atoms with Crippen LogP contribution in [0, 0.1) is 5.92 Å². The second kappa shape index (κ2) is 2.48. The van der Waals surface area contributed by atoms with Crippen LogP contribution in [0.3, 0.4) is 0 Å². The molecular formula is C5H10N4. The van der Waals surface area contributed by atoms with E-state index in [9.17, 15) is 0 Å². The standard InChI is InChI=1S/C5H10N4/c6-5(7)9-8-3-4-1-2-4/h3-4H,1-2H2,(H4,6,7,9). The molecular weight excluding hydrogens is 116 g/mol. The van der Waals surface area contributed by atoms with Gasteiger partial charge in [0.25, 0.3) is 0 Å². The van der Waals surface area contributed by atoms with E-state index < -0.39 is 0 Å². The molecule has 4 nitrogen and oxygen atoms in total. The van der Waals surface area contributed by atoms with Gasteiger partial charge in [-0.1, -0.05) is 0 Å². The summed E-state index contributed by atoms with van der Waals surface area (Å²) in [5, 5.41) is 7.09. The van der Waals surface area contributed by atoms with Crippen LogP contribution in [0.5, 0.6) is 0 Å². The van der Waals surface area contributed by atoms with Crippen molar-refractivity contribution in [1.29, 1.82) is 0 Å². The third-order valence-corrected chi connectivity index (χ3v) is 1.07. The summed E-state index contributed by atoms with van der Waals surface area (Å²) in [5.74, 6) is 0.653. The molecule has 1 saturated carbocycles. The van der Waals surface area contributed by atoms with Crippen LogP contribution in [0.15, 0.2) is 10.2 Å². The molecule has 1 rings (SSSR count). The van der Waals surface area contributed by atoms with Crippen molar-refractivity contribution in [3.05, 3.63) is 0 Å². The molecule has 0 aromatic rings. The van der Waals surface area contributed by atoms with Gasteiger partial charge in [-0.25, -0.2) is 0 Å². The van der Waals surface area contributed by atoms with Crippen LogP contribution >= 0.6 is 0 Å². The van der Waals surface area contributed by atoms with Crippen LogP contribution in [0.25, 0.3) is 0 Å². The topological polar surface area (TPSA) is 76.8 Å². The normalized spacial score (nSPS) is 18.2. The molecule has 0 radical (unpaired) electrons. The molecule has 4 heteroatoms. The van der Waals surface area contributed by atoms with Crippen molar-refractivity contribution in [2.45, 2.75) is 12.8 Å². The Kier molecular flexibility index (Phi) is 1.67. The first-order valence-electron chi connectivity index (χ1n) is 2.91. The summed E-state index contributed by atoms with van der Waals surface area (Å²) >= 11 is 0. The summed E-state index contributed by atoms with van der Waals surface area (Å²) in [5.41, 5.74) is 10.0. The maximum Gasteiger partial charge on any atom is 0.211 e. The van der Waals surface area contributed by atoms with Gasteiger partial charge in [0.05, 0.1) is 0 Å². The van der Waals surface area contributed by atoms with E-state index in [2.05, 4.69) is 10.2 Å². The average molecular weight is 126 g/mol. The van der Waals surface area contributed by atoms with Crippen molar-refractivity contribution in [2.24, 2.45) is 27.6 Å². The van der Waals surface area contributed by atoms with Crippen LogP contribution in [0.1, 0.15) is 12.8 Å². The minimum Gasteiger partial charge on any atom is -0.369 e. The highest BCUT2D eigenvalue weighted by atomic mass is 15.3. The van der Waals surface area contributed by atoms with Crippen molar-refractivity contribution in [3.8, 4) is 0 Å². The SMILES string of the molecule is NC(N)=NN=CC1CC1. The first-order chi connectivity index (χ1) is 4.29. The Morgan fingerprint density at radius 3 is 2.56 bits per heavy atom. The Morgan fingerprint density at radius 2 is 2.11 bits per heavy atom. The van der Waals surface area contributed by atoms with E-state index in [-0.39, 0.29) is 5.96 Å². The number of rotatable bonds is 2. The largest absolute Gasteiger partial charge is 0.369 e. The molecule has 4 N–H and O–H groups in total. The maximum absolute atomic E-state index is 5.01. The van der Waals surface area contributed by atoms with Gasteiger partial charge in [-0.05, 0) is 18.8 Å². The number of hydrogen-bond acceptors (Lipinski definition) is 2. The van der Waals surface area contributed by atoms with E-state index in [4.69, 9.17) is 11.5 Å². The van der Waals surface area contributed by atoms with Crippen LogP contribution in [0.4, 0.5) is 0 Å². The van der Waals surface area contributed by atoms with Gasteiger partial charge in [0, 0.05) is 6.21 Å². The van der Waals surface area contributed by atoms with Crippen molar-refractivity contribution in [1.82, 2.24) is 0 Å². The Labute approximate surface area is 53.6 Å². The molecule has 0 unspecified atom stereocenters. The first kappa shape index (κ1) is 6.07. The summed E-state index contributed by atoms with van der Waals surface area (Å²) in [4.78, 5) is 0. The predicted octanol–water partition coefficient (Wildman–Crippen LogP) is -0.344. The minimum atomic E-state index is 0.0203. The van der Waals surface area contributed by atoms with Crippen molar-refractivity contribution >= 4 is 12.2 Å². The predicted molar refractivity (Wildman–Crippen MR) is 37.0 cm³/mol. The zero-order valence-electron chi connectivity index (χ0n) is 5.12. The second-order valence-corrected chi connectivity index (χ2v) is 2.13. The van der Waals surface area contributed by atoms with Crippen LogP contribution in [-0.2, 0) is 0 Å². The smallest absolute Gasteiger partial charge is 0.211 e. The van der Waals surface area contributed by atoms with E-state index in [0.717, 1.165) is 0 Å². The number of guanidine groups is 1. The average Bonchev–Trinajstić information content (AvgIpc) is 2.48. The van der Waals surface area contributed by atoms with Gasteiger partial charge in [0.1, 0.15) is 0 Å². The summed E-state index contributed by atoms with van der Waals surface area (Å²) in [6.45, 7) is 0. The Balaban J connectivity index is 2.22. The highest BCUT2D eigenvalue weighted by molar-refractivity contribution is 5.76. The fourth-order valence-electron chi connectivity index (χ4n) is 0.440. The molecule has 0 aromatic carbocycles. The lowest BCUT2D eigenvalue weighted by atomic mass is 10.5. The van der Waals surface area contributed by atoms with Crippen LogP contribution in [0.2, 0.25) is 0 Å². The zero-order chi connectivity index (χ0) is 6.69. The van der Waals surface area contributed by atoms with E-state index in [0.29, 0.717) is 5.92 Å². The lowest BCUT2D eigenvalue weighted by Crippen LogP contribution is -2.21. The van der Waals surface area contributed by atoms with Crippen molar-refractivity contribution in [3.63, 3.8) is 0 Å². The highest BCUT2D eigenvalue weighted by Gasteiger charge is 2.18. The van der Waals surface area contributed by atoms with E-state index in [1.54, 1.807) is 6.21 Å².